The largest absolute Gasteiger partial charge is 0.416 e. The molecule has 0 saturated heterocycles. The van der Waals surface area contributed by atoms with Crippen molar-refractivity contribution in [3.63, 3.8) is 0 Å². The van der Waals surface area contributed by atoms with Crippen molar-refractivity contribution in [1.29, 1.82) is 0 Å². The van der Waals surface area contributed by atoms with E-state index in [4.69, 9.17) is 0 Å². The van der Waals surface area contributed by atoms with Crippen molar-refractivity contribution in [3.05, 3.63) is 59.2 Å². The van der Waals surface area contributed by atoms with E-state index in [-0.39, 0.29) is 16.9 Å². The fraction of sp³-hybridized carbons (Fsp3) is 0.522. The highest BCUT2D eigenvalue weighted by atomic mass is 19.4. The molecule has 0 spiro atoms. The lowest BCUT2D eigenvalue weighted by molar-refractivity contribution is -0.139. The molecule has 0 radical (unpaired) electrons. The number of allylic oxidation sites excluding steroid dienone is 4. The van der Waals surface area contributed by atoms with Gasteiger partial charge in [0.2, 0.25) is 0 Å². The van der Waals surface area contributed by atoms with Gasteiger partial charge in [-0.25, -0.2) is 0 Å². The third-order valence-electron chi connectivity index (χ3n) is 6.04. The molecule has 1 aliphatic carbocycles. The Morgan fingerprint density at radius 1 is 1.28 bits per heavy atom. The van der Waals surface area contributed by atoms with Crippen molar-refractivity contribution in [3.8, 4) is 0 Å². The van der Waals surface area contributed by atoms with E-state index in [0.29, 0.717) is 12.1 Å². The number of nitrogens with zero attached hydrogens (tertiary/aromatic N) is 2. The Morgan fingerprint density at radius 3 is 2.59 bits per heavy atom. The molecule has 0 amide bonds. The number of alkyl halides is 3. The van der Waals surface area contributed by atoms with Crippen LogP contribution in [-0.4, -0.2) is 22.1 Å². The molecule has 3 rings (SSSR count). The highest BCUT2D eigenvalue weighted by molar-refractivity contribution is 5.96. The van der Waals surface area contributed by atoms with Crippen LogP contribution in [-0.2, 0) is 6.18 Å². The van der Waals surface area contributed by atoms with Gasteiger partial charge in [-0.3, -0.25) is 5.01 Å². The summed E-state index contributed by atoms with van der Waals surface area (Å²) in [4.78, 5) is 0. The highest BCUT2D eigenvalue weighted by Crippen LogP contribution is 2.43. The summed E-state index contributed by atoms with van der Waals surface area (Å²) in [7, 11) is 0. The first-order chi connectivity index (χ1) is 13.5. The third kappa shape index (κ3) is 4.58. The van der Waals surface area contributed by atoms with Gasteiger partial charge in [0.25, 0.3) is 0 Å². The zero-order valence-electron chi connectivity index (χ0n) is 17.4. The molecule has 0 aromatic heterocycles. The van der Waals surface area contributed by atoms with Gasteiger partial charge in [-0.2, -0.15) is 18.3 Å². The van der Waals surface area contributed by atoms with Crippen molar-refractivity contribution in [2.75, 3.05) is 0 Å². The monoisotopic (exact) mass is 406 g/mol. The van der Waals surface area contributed by atoms with Crippen molar-refractivity contribution >= 4 is 5.71 Å². The molecule has 2 aliphatic rings. The topological polar surface area (TPSA) is 35.8 Å². The average molecular weight is 406 g/mol. The van der Waals surface area contributed by atoms with Crippen molar-refractivity contribution < 1.29 is 18.3 Å². The van der Waals surface area contributed by atoms with Crippen molar-refractivity contribution in [2.24, 2.45) is 16.4 Å². The van der Waals surface area contributed by atoms with Gasteiger partial charge in [0, 0.05) is 12.3 Å². The summed E-state index contributed by atoms with van der Waals surface area (Å²) in [5, 5.41) is 16.0. The van der Waals surface area contributed by atoms with E-state index in [1.165, 1.54) is 29.6 Å². The van der Waals surface area contributed by atoms with E-state index in [0.717, 1.165) is 18.9 Å². The lowest BCUT2D eigenvalue weighted by atomic mass is 9.68. The van der Waals surface area contributed by atoms with Crippen molar-refractivity contribution in [2.45, 2.75) is 65.4 Å². The van der Waals surface area contributed by atoms with Crippen LogP contribution in [0.5, 0.6) is 0 Å². The predicted octanol–water partition coefficient (Wildman–Crippen LogP) is 6.09. The van der Waals surface area contributed by atoms with E-state index >= 15 is 0 Å². The van der Waals surface area contributed by atoms with Crippen LogP contribution >= 0.6 is 0 Å². The minimum absolute atomic E-state index is 0.126. The maximum atomic E-state index is 13.5. The Morgan fingerprint density at radius 2 is 1.97 bits per heavy atom. The third-order valence-corrected chi connectivity index (χ3v) is 6.04. The number of hydrogen-bond donors (Lipinski definition) is 1. The quantitative estimate of drug-likeness (QED) is 0.615. The first kappa shape index (κ1) is 21.6. The van der Waals surface area contributed by atoms with E-state index in [1.54, 1.807) is 6.07 Å². The summed E-state index contributed by atoms with van der Waals surface area (Å²) >= 11 is 0. The number of aliphatic hydroxyl groups is 1. The van der Waals surface area contributed by atoms with Crippen LogP contribution in [0.1, 0.15) is 64.1 Å². The summed E-state index contributed by atoms with van der Waals surface area (Å²) in [6.45, 7) is 8.12. The second-order valence-corrected chi connectivity index (χ2v) is 8.72. The van der Waals surface area contributed by atoms with Crippen LogP contribution in [0.25, 0.3) is 0 Å². The molecule has 0 fully saturated rings. The zero-order valence-corrected chi connectivity index (χ0v) is 17.4. The average Bonchev–Trinajstić information content (AvgIpc) is 3.04. The zero-order chi connectivity index (χ0) is 21.4. The summed E-state index contributed by atoms with van der Waals surface area (Å²) in [6.07, 6.45) is 3.32. The van der Waals surface area contributed by atoms with Crippen LogP contribution in [0.3, 0.4) is 0 Å². The number of benzene rings is 1. The molecule has 3 unspecified atom stereocenters. The molecule has 0 bridgehead atoms. The molecular weight excluding hydrogens is 377 g/mol. The van der Waals surface area contributed by atoms with Gasteiger partial charge in [0.15, 0.2) is 0 Å². The first-order valence-corrected chi connectivity index (χ1v) is 10.1. The Labute approximate surface area is 170 Å². The second-order valence-electron chi connectivity index (χ2n) is 8.72. The minimum atomic E-state index is -4.45. The molecule has 0 saturated carbocycles. The standard InChI is InChI=1S/C23H29F3N2O/c1-15-8-7-13-22(3,4)19(15)12-11-17-14-21(28(27-17)16(2)29)18-9-5-6-10-20(18)23(24,25)26/h5-6,8-12,16,19,21,29H,7,13-14H2,1-4H3/b12-11+. The van der Waals surface area contributed by atoms with Gasteiger partial charge in [-0.15, -0.1) is 0 Å². The van der Waals surface area contributed by atoms with Crippen LogP contribution < -0.4 is 0 Å². The van der Waals surface area contributed by atoms with Crippen LogP contribution in [0, 0.1) is 11.3 Å². The molecule has 3 nitrogen and oxygen atoms in total. The first-order valence-electron chi connectivity index (χ1n) is 10.1. The minimum Gasteiger partial charge on any atom is -0.372 e. The summed E-state index contributed by atoms with van der Waals surface area (Å²) in [5.41, 5.74) is 1.58. The Kier molecular flexibility index (Phi) is 5.95. The lowest BCUT2D eigenvalue weighted by Gasteiger charge is -2.36. The van der Waals surface area contributed by atoms with Gasteiger partial charge >= 0.3 is 6.18 Å². The molecular formula is C23H29F3N2O. The molecule has 3 atom stereocenters. The lowest BCUT2D eigenvalue weighted by Crippen LogP contribution is -2.30. The summed E-state index contributed by atoms with van der Waals surface area (Å²) in [6, 6.07) is 4.89. The van der Waals surface area contributed by atoms with E-state index < -0.39 is 24.0 Å². The maximum Gasteiger partial charge on any atom is 0.416 e. The second kappa shape index (κ2) is 7.98. The molecule has 1 N–H and O–H groups in total. The molecule has 1 aromatic carbocycles. The van der Waals surface area contributed by atoms with Gasteiger partial charge in [0.05, 0.1) is 17.3 Å². The molecule has 1 heterocycles. The Bertz CT molecular complexity index is 837. The molecule has 1 aliphatic heterocycles. The SMILES string of the molecule is CC1=CCCC(C)(C)C1/C=C/C1=NN(C(C)O)C(c2ccccc2C(F)(F)F)C1. The highest BCUT2D eigenvalue weighted by Gasteiger charge is 2.39. The van der Waals surface area contributed by atoms with Crippen LogP contribution in [0.15, 0.2) is 53.2 Å². The van der Waals surface area contributed by atoms with Crippen molar-refractivity contribution in [1.82, 2.24) is 5.01 Å². The molecule has 158 valence electrons. The van der Waals surface area contributed by atoms with E-state index in [1.807, 2.05) is 6.08 Å². The van der Waals surface area contributed by atoms with Gasteiger partial charge in [-0.05, 0) is 49.8 Å². The summed E-state index contributed by atoms with van der Waals surface area (Å²) in [5.74, 6) is 0.264. The normalized spacial score (nSPS) is 25.9. The number of aliphatic hydroxyl groups excluding tert-OH is 1. The van der Waals surface area contributed by atoms with Crippen LogP contribution in [0.4, 0.5) is 13.2 Å². The number of halogens is 3. The molecule has 1 aromatic rings. The Hall–Kier alpha value is -2.08. The number of rotatable bonds is 4. The van der Waals surface area contributed by atoms with Gasteiger partial charge in [-0.1, -0.05) is 49.8 Å². The maximum absolute atomic E-state index is 13.5. The van der Waals surface area contributed by atoms with Gasteiger partial charge < -0.3 is 5.11 Å². The number of hydrogen-bond acceptors (Lipinski definition) is 3. The molecule has 6 heteroatoms. The smallest absolute Gasteiger partial charge is 0.372 e. The fourth-order valence-corrected chi connectivity index (χ4v) is 4.48. The molecule has 29 heavy (non-hydrogen) atoms. The van der Waals surface area contributed by atoms with Gasteiger partial charge in [0.1, 0.15) is 6.23 Å². The summed E-state index contributed by atoms with van der Waals surface area (Å²) < 4.78 is 40.5. The van der Waals surface area contributed by atoms with Crippen LogP contribution in [0.2, 0.25) is 0 Å². The fourth-order valence-electron chi connectivity index (χ4n) is 4.48. The number of hydrazone groups is 1. The Balaban J connectivity index is 1.89. The van der Waals surface area contributed by atoms with E-state index in [9.17, 15) is 18.3 Å². The van der Waals surface area contributed by atoms with E-state index in [2.05, 4.69) is 38.0 Å². The predicted molar refractivity (Wildman–Crippen MR) is 109 cm³/mol.